The Morgan fingerprint density at radius 1 is 1.62 bits per heavy atom. The molecule has 0 aromatic heterocycles. The number of hydrogen-bond acceptors (Lipinski definition) is 3. The third-order valence-electron chi connectivity index (χ3n) is 2.33. The van der Waals surface area contributed by atoms with Crippen molar-refractivity contribution in [3.63, 3.8) is 0 Å². The van der Waals surface area contributed by atoms with E-state index in [0.29, 0.717) is 12.5 Å². The molecule has 3 heteroatoms. The van der Waals surface area contributed by atoms with E-state index in [4.69, 9.17) is 4.74 Å². The van der Waals surface area contributed by atoms with Gasteiger partial charge >= 0.3 is 5.97 Å². The van der Waals surface area contributed by atoms with Gasteiger partial charge in [0.25, 0.3) is 0 Å². The van der Waals surface area contributed by atoms with Gasteiger partial charge in [0, 0.05) is 12.5 Å². The number of carbonyl (C=O) groups excluding carboxylic acids is 1. The lowest BCUT2D eigenvalue weighted by Crippen LogP contribution is -2.33. The smallest absolute Gasteiger partial charge is 0.308 e. The van der Waals surface area contributed by atoms with Crippen LogP contribution >= 0.6 is 0 Å². The largest absolute Gasteiger partial charge is 0.465 e. The summed E-state index contributed by atoms with van der Waals surface area (Å²) in [6, 6.07) is 0. The Labute approximate surface area is 79.8 Å². The van der Waals surface area contributed by atoms with Crippen molar-refractivity contribution in [1.29, 1.82) is 0 Å². The first-order valence-corrected chi connectivity index (χ1v) is 5.07. The molecule has 0 amide bonds. The Bertz CT molecular complexity index is 162. The summed E-state index contributed by atoms with van der Waals surface area (Å²) >= 11 is 0. The highest BCUT2D eigenvalue weighted by Gasteiger charge is 2.16. The topological polar surface area (TPSA) is 38.3 Å². The standard InChI is InChI=1S/C10H19NO2/c1-8(2)10(12)13-7-9-4-3-5-11-6-9/h8-9,11H,3-7H2,1-2H3/t9-/m0/s1. The molecular weight excluding hydrogens is 166 g/mol. The molecular formula is C10H19NO2. The number of nitrogens with one attached hydrogen (secondary N) is 1. The van der Waals surface area contributed by atoms with Crippen molar-refractivity contribution < 1.29 is 9.53 Å². The van der Waals surface area contributed by atoms with Gasteiger partial charge in [0.2, 0.25) is 0 Å². The molecule has 1 N–H and O–H groups in total. The Balaban J connectivity index is 2.13. The van der Waals surface area contributed by atoms with Crippen LogP contribution in [-0.4, -0.2) is 25.7 Å². The van der Waals surface area contributed by atoms with Crippen LogP contribution in [0.25, 0.3) is 0 Å². The molecule has 76 valence electrons. The zero-order valence-corrected chi connectivity index (χ0v) is 8.51. The molecule has 0 aromatic carbocycles. The second kappa shape index (κ2) is 5.22. The van der Waals surface area contributed by atoms with E-state index in [2.05, 4.69) is 5.32 Å². The number of esters is 1. The minimum absolute atomic E-state index is 0.00319. The maximum absolute atomic E-state index is 11.1. The maximum atomic E-state index is 11.1. The summed E-state index contributed by atoms with van der Waals surface area (Å²) in [5, 5.41) is 3.30. The van der Waals surface area contributed by atoms with E-state index in [1.807, 2.05) is 13.8 Å². The van der Waals surface area contributed by atoms with E-state index in [9.17, 15) is 4.79 Å². The first kappa shape index (κ1) is 10.5. The third kappa shape index (κ3) is 3.77. The Morgan fingerprint density at radius 3 is 2.92 bits per heavy atom. The zero-order chi connectivity index (χ0) is 9.68. The Hall–Kier alpha value is -0.570. The quantitative estimate of drug-likeness (QED) is 0.671. The summed E-state index contributed by atoms with van der Waals surface area (Å²) in [5.41, 5.74) is 0. The van der Waals surface area contributed by atoms with Crippen LogP contribution in [-0.2, 0) is 9.53 Å². The van der Waals surface area contributed by atoms with E-state index in [1.165, 1.54) is 12.8 Å². The molecule has 0 aliphatic carbocycles. The molecule has 3 nitrogen and oxygen atoms in total. The fourth-order valence-electron chi connectivity index (χ4n) is 1.43. The lowest BCUT2D eigenvalue weighted by molar-refractivity contribution is -0.148. The summed E-state index contributed by atoms with van der Waals surface area (Å²) < 4.78 is 5.16. The van der Waals surface area contributed by atoms with Gasteiger partial charge in [0.1, 0.15) is 0 Å². The van der Waals surface area contributed by atoms with Crippen LogP contribution in [0.1, 0.15) is 26.7 Å². The van der Waals surface area contributed by atoms with Crippen molar-refractivity contribution in [2.75, 3.05) is 19.7 Å². The number of carbonyl (C=O) groups is 1. The highest BCUT2D eigenvalue weighted by Crippen LogP contribution is 2.10. The molecule has 13 heavy (non-hydrogen) atoms. The maximum Gasteiger partial charge on any atom is 0.308 e. The number of piperidine rings is 1. The molecule has 0 unspecified atom stereocenters. The van der Waals surface area contributed by atoms with Gasteiger partial charge in [0.05, 0.1) is 12.5 Å². The molecule has 1 rings (SSSR count). The Morgan fingerprint density at radius 2 is 2.38 bits per heavy atom. The highest BCUT2D eigenvalue weighted by molar-refractivity contribution is 5.71. The predicted octanol–water partition coefficient (Wildman–Crippen LogP) is 1.19. The lowest BCUT2D eigenvalue weighted by Gasteiger charge is -2.22. The molecule has 0 spiro atoms. The molecule has 0 bridgehead atoms. The number of rotatable bonds is 3. The monoisotopic (exact) mass is 185 g/mol. The third-order valence-corrected chi connectivity index (χ3v) is 2.33. The molecule has 0 radical (unpaired) electrons. The SMILES string of the molecule is CC(C)C(=O)OC[C@H]1CCCNC1. The van der Waals surface area contributed by atoms with Crippen LogP contribution in [0.15, 0.2) is 0 Å². The van der Waals surface area contributed by atoms with E-state index in [-0.39, 0.29) is 11.9 Å². The van der Waals surface area contributed by atoms with Gasteiger partial charge in [-0.25, -0.2) is 0 Å². The van der Waals surface area contributed by atoms with Gasteiger partial charge < -0.3 is 10.1 Å². The van der Waals surface area contributed by atoms with Crippen molar-refractivity contribution in [2.24, 2.45) is 11.8 Å². The van der Waals surface area contributed by atoms with Crippen molar-refractivity contribution >= 4 is 5.97 Å². The van der Waals surface area contributed by atoms with Gasteiger partial charge in [-0.3, -0.25) is 4.79 Å². The van der Waals surface area contributed by atoms with E-state index in [1.54, 1.807) is 0 Å². The summed E-state index contributed by atoms with van der Waals surface area (Å²) in [6.45, 7) is 6.41. The number of ether oxygens (including phenoxy) is 1. The van der Waals surface area contributed by atoms with Gasteiger partial charge in [-0.1, -0.05) is 13.8 Å². The molecule has 1 fully saturated rings. The average molecular weight is 185 g/mol. The van der Waals surface area contributed by atoms with Crippen molar-refractivity contribution in [3.8, 4) is 0 Å². The summed E-state index contributed by atoms with van der Waals surface area (Å²) in [7, 11) is 0. The van der Waals surface area contributed by atoms with Crippen LogP contribution in [0.4, 0.5) is 0 Å². The van der Waals surface area contributed by atoms with E-state index >= 15 is 0 Å². The molecule has 0 aromatic rings. The first-order chi connectivity index (χ1) is 6.20. The average Bonchev–Trinajstić information content (AvgIpc) is 2.15. The fraction of sp³-hybridized carbons (Fsp3) is 0.900. The number of hydrogen-bond donors (Lipinski definition) is 1. The van der Waals surface area contributed by atoms with Crippen LogP contribution in [0.3, 0.4) is 0 Å². The lowest BCUT2D eigenvalue weighted by atomic mass is 10.0. The summed E-state index contributed by atoms with van der Waals surface area (Å²) in [5.74, 6) is 0.443. The minimum atomic E-state index is -0.0782. The fourth-order valence-corrected chi connectivity index (χ4v) is 1.43. The summed E-state index contributed by atoms with van der Waals surface area (Å²) in [4.78, 5) is 11.1. The zero-order valence-electron chi connectivity index (χ0n) is 8.51. The van der Waals surface area contributed by atoms with E-state index in [0.717, 1.165) is 13.1 Å². The van der Waals surface area contributed by atoms with Crippen LogP contribution in [0.5, 0.6) is 0 Å². The molecule has 1 heterocycles. The molecule has 1 saturated heterocycles. The van der Waals surface area contributed by atoms with Crippen LogP contribution < -0.4 is 5.32 Å². The minimum Gasteiger partial charge on any atom is -0.465 e. The second-order valence-electron chi connectivity index (χ2n) is 4.00. The van der Waals surface area contributed by atoms with Crippen LogP contribution in [0, 0.1) is 11.8 Å². The second-order valence-corrected chi connectivity index (χ2v) is 4.00. The molecule has 0 saturated carbocycles. The van der Waals surface area contributed by atoms with E-state index < -0.39 is 0 Å². The molecule has 1 aliphatic heterocycles. The summed E-state index contributed by atoms with van der Waals surface area (Å²) in [6.07, 6.45) is 2.38. The van der Waals surface area contributed by atoms with Gasteiger partial charge in [0.15, 0.2) is 0 Å². The van der Waals surface area contributed by atoms with Gasteiger partial charge in [-0.05, 0) is 19.4 Å². The van der Waals surface area contributed by atoms with Gasteiger partial charge in [-0.15, -0.1) is 0 Å². The normalized spacial score (nSPS) is 23.2. The van der Waals surface area contributed by atoms with Gasteiger partial charge in [-0.2, -0.15) is 0 Å². The first-order valence-electron chi connectivity index (χ1n) is 5.07. The van der Waals surface area contributed by atoms with Crippen LogP contribution in [0.2, 0.25) is 0 Å². The van der Waals surface area contributed by atoms with Crippen molar-refractivity contribution in [2.45, 2.75) is 26.7 Å². The molecule has 1 aliphatic rings. The predicted molar refractivity (Wildman–Crippen MR) is 51.4 cm³/mol. The highest BCUT2D eigenvalue weighted by atomic mass is 16.5. The van der Waals surface area contributed by atoms with Crippen molar-refractivity contribution in [1.82, 2.24) is 5.32 Å². The molecule has 1 atom stereocenters. The van der Waals surface area contributed by atoms with Crippen molar-refractivity contribution in [3.05, 3.63) is 0 Å². The Kier molecular flexibility index (Phi) is 4.22.